The highest BCUT2D eigenvalue weighted by molar-refractivity contribution is 6.35. The lowest BCUT2D eigenvalue weighted by Crippen LogP contribution is -2.35. The summed E-state index contributed by atoms with van der Waals surface area (Å²) in [5, 5.41) is 0.355. The molecule has 2 unspecified atom stereocenters. The van der Waals surface area contributed by atoms with Gasteiger partial charge in [-0.1, -0.05) is 48.9 Å². The van der Waals surface area contributed by atoms with Gasteiger partial charge < -0.3 is 28.4 Å². The van der Waals surface area contributed by atoms with Crippen LogP contribution in [-0.4, -0.2) is 77.4 Å². The minimum atomic E-state index is -0.808. The van der Waals surface area contributed by atoms with Crippen LogP contribution in [0.4, 0.5) is 10.6 Å². The van der Waals surface area contributed by atoms with Crippen LogP contribution in [0.1, 0.15) is 64.7 Å². The molecule has 3 fully saturated rings. The van der Waals surface area contributed by atoms with Gasteiger partial charge in [-0.2, -0.15) is 0 Å². The van der Waals surface area contributed by atoms with Gasteiger partial charge in [-0.25, -0.2) is 14.8 Å². The van der Waals surface area contributed by atoms with E-state index < -0.39 is 30.3 Å². The minimum Gasteiger partial charge on any atom is -0.449 e. The van der Waals surface area contributed by atoms with E-state index in [0.717, 1.165) is 24.8 Å². The van der Waals surface area contributed by atoms with Crippen molar-refractivity contribution in [2.45, 2.75) is 89.5 Å². The number of nitrogens with zero attached hydrogens (tertiary/aromatic N) is 4. The zero-order chi connectivity index (χ0) is 30.1. The Balaban J connectivity index is 1.31. The molecule has 0 bridgehead atoms. The average molecular weight is 615 g/mol. The van der Waals surface area contributed by atoms with Crippen LogP contribution in [0.5, 0.6) is 0 Å². The number of amides is 1. The van der Waals surface area contributed by atoms with Crippen molar-refractivity contribution < 1.29 is 33.2 Å². The first-order valence-electron chi connectivity index (χ1n) is 15.0. The molecule has 3 aliphatic heterocycles. The number of carbonyl (C=O) groups excluding carboxylic acids is 1. The van der Waals surface area contributed by atoms with Gasteiger partial charge in [-0.15, -0.1) is 0 Å². The fraction of sp³-hybridized carbons (Fsp3) is 0.581. The molecule has 1 amide bonds. The van der Waals surface area contributed by atoms with Crippen LogP contribution in [0.15, 0.2) is 42.7 Å². The Labute approximate surface area is 256 Å². The first-order valence-corrected chi connectivity index (χ1v) is 15.4. The van der Waals surface area contributed by atoms with Gasteiger partial charge in [-0.05, 0) is 51.5 Å². The molecule has 0 spiro atoms. The third-order valence-electron chi connectivity index (χ3n) is 8.04. The van der Waals surface area contributed by atoms with Crippen molar-refractivity contribution in [3.8, 4) is 0 Å². The molecule has 43 heavy (non-hydrogen) atoms. The van der Waals surface area contributed by atoms with Crippen LogP contribution in [0.2, 0.25) is 5.02 Å². The summed E-state index contributed by atoms with van der Waals surface area (Å²) in [4.78, 5) is 24.2. The van der Waals surface area contributed by atoms with Crippen molar-refractivity contribution in [3.05, 3.63) is 53.3 Å². The van der Waals surface area contributed by atoms with Crippen molar-refractivity contribution >= 4 is 34.7 Å². The van der Waals surface area contributed by atoms with Crippen LogP contribution in [0.25, 0.3) is 11.2 Å². The van der Waals surface area contributed by atoms with Gasteiger partial charge in [0.25, 0.3) is 0 Å². The number of carbonyl (C=O) groups is 1. The summed E-state index contributed by atoms with van der Waals surface area (Å²) in [6.07, 6.45) is 2.00. The predicted octanol–water partition coefficient (Wildman–Crippen LogP) is 5.81. The number of hydrogen-bond donors (Lipinski definition) is 0. The third kappa shape index (κ3) is 6.38. The van der Waals surface area contributed by atoms with Crippen LogP contribution in [0, 0.1) is 0 Å². The highest BCUT2D eigenvalue weighted by atomic mass is 35.5. The zero-order valence-corrected chi connectivity index (χ0v) is 25.7. The molecule has 0 saturated carbocycles. The maximum absolute atomic E-state index is 13.2. The van der Waals surface area contributed by atoms with E-state index >= 15 is 0 Å². The van der Waals surface area contributed by atoms with E-state index in [9.17, 15) is 4.79 Å². The second-order valence-corrected chi connectivity index (χ2v) is 12.1. The van der Waals surface area contributed by atoms with Gasteiger partial charge in [0.15, 0.2) is 24.0 Å². The summed E-state index contributed by atoms with van der Waals surface area (Å²) in [6, 6.07) is 11.6. The molecule has 12 heteroatoms. The number of pyridine rings is 1. The fourth-order valence-corrected chi connectivity index (χ4v) is 6.20. The summed E-state index contributed by atoms with van der Waals surface area (Å²) in [6.45, 7) is 9.15. The standard InChI is InChI=1S/C31H39ClN4O7/c1-5-38-30(37)35(16-19(2)20-11-7-6-8-12-20)23-15-21(32)25-28(34-23)36(18-33-25)29-27-26(42-31(3,4)43-27)22(41-29)17-40-24-13-9-10-14-39-24/h6-8,11-12,15,18-19,22,24,26-27,29H,5,9-10,13-14,16-17H2,1-4H3/t19?,22-,24?,26-,27-,29-/m1/s1. The van der Waals surface area contributed by atoms with Gasteiger partial charge in [-0.3, -0.25) is 9.47 Å². The molecule has 3 aromatic rings. The van der Waals surface area contributed by atoms with Crippen molar-refractivity contribution in [1.29, 1.82) is 0 Å². The molecule has 0 N–H and O–H groups in total. The predicted molar refractivity (Wildman–Crippen MR) is 159 cm³/mol. The number of aromatic nitrogens is 3. The number of benzene rings is 1. The normalized spacial score (nSPS) is 27.2. The average Bonchev–Trinajstić information content (AvgIpc) is 3.66. The smallest absolute Gasteiger partial charge is 0.415 e. The third-order valence-corrected chi connectivity index (χ3v) is 8.33. The Kier molecular flexibility index (Phi) is 8.91. The molecule has 6 rings (SSSR count). The lowest BCUT2D eigenvalue weighted by molar-refractivity contribution is -0.219. The van der Waals surface area contributed by atoms with Crippen molar-refractivity contribution in [2.24, 2.45) is 0 Å². The topological polar surface area (TPSA) is 106 Å². The molecular formula is C31H39ClN4O7. The second-order valence-electron chi connectivity index (χ2n) is 11.7. The van der Waals surface area contributed by atoms with Gasteiger partial charge in [0.2, 0.25) is 0 Å². The van der Waals surface area contributed by atoms with Gasteiger partial charge in [0.1, 0.15) is 29.6 Å². The largest absolute Gasteiger partial charge is 0.449 e. The fourth-order valence-electron chi connectivity index (χ4n) is 5.97. The Bertz CT molecular complexity index is 1410. The van der Waals surface area contributed by atoms with Crippen molar-refractivity contribution in [3.63, 3.8) is 0 Å². The molecular weight excluding hydrogens is 576 g/mol. The summed E-state index contributed by atoms with van der Waals surface area (Å²) in [5.74, 6) is -0.447. The van der Waals surface area contributed by atoms with Gasteiger partial charge in [0.05, 0.1) is 24.6 Å². The maximum Gasteiger partial charge on any atom is 0.415 e. The molecule has 5 heterocycles. The van der Waals surface area contributed by atoms with E-state index in [1.54, 1.807) is 23.9 Å². The monoisotopic (exact) mass is 614 g/mol. The summed E-state index contributed by atoms with van der Waals surface area (Å²) in [5.41, 5.74) is 2.03. The number of ether oxygens (including phenoxy) is 6. The Hall–Kier alpha value is -2.80. The molecule has 0 radical (unpaired) electrons. The van der Waals surface area contributed by atoms with E-state index in [0.29, 0.717) is 41.8 Å². The minimum absolute atomic E-state index is 0.00545. The van der Waals surface area contributed by atoms with E-state index in [1.165, 1.54) is 4.90 Å². The molecule has 3 saturated heterocycles. The second kappa shape index (κ2) is 12.7. The first-order chi connectivity index (χ1) is 20.7. The quantitative estimate of drug-likeness (QED) is 0.295. The maximum atomic E-state index is 13.2. The molecule has 2 aromatic heterocycles. The molecule has 3 aliphatic rings. The number of imidazole rings is 1. The lowest BCUT2D eigenvalue weighted by Gasteiger charge is -2.27. The molecule has 1 aromatic carbocycles. The number of hydrogen-bond acceptors (Lipinski definition) is 9. The first kappa shape index (κ1) is 30.2. The Morgan fingerprint density at radius 3 is 2.74 bits per heavy atom. The van der Waals surface area contributed by atoms with Crippen LogP contribution >= 0.6 is 11.6 Å². The van der Waals surface area contributed by atoms with E-state index in [-0.39, 0.29) is 24.9 Å². The number of anilines is 1. The Morgan fingerprint density at radius 2 is 2.00 bits per heavy atom. The zero-order valence-electron chi connectivity index (χ0n) is 25.0. The van der Waals surface area contributed by atoms with Crippen LogP contribution < -0.4 is 4.90 Å². The highest BCUT2D eigenvalue weighted by Gasteiger charge is 2.56. The summed E-state index contributed by atoms with van der Waals surface area (Å²) in [7, 11) is 0. The van der Waals surface area contributed by atoms with Crippen molar-refractivity contribution in [1.82, 2.24) is 14.5 Å². The molecule has 11 nitrogen and oxygen atoms in total. The van der Waals surface area contributed by atoms with Gasteiger partial charge >= 0.3 is 6.09 Å². The lowest BCUT2D eigenvalue weighted by atomic mass is 10.0. The molecule has 0 aliphatic carbocycles. The van der Waals surface area contributed by atoms with E-state index in [1.807, 2.05) is 44.2 Å². The van der Waals surface area contributed by atoms with E-state index in [4.69, 9.17) is 45.0 Å². The molecule has 6 atom stereocenters. The highest BCUT2D eigenvalue weighted by Crippen LogP contribution is 2.44. The van der Waals surface area contributed by atoms with Gasteiger partial charge in [0, 0.05) is 19.2 Å². The van der Waals surface area contributed by atoms with Crippen LogP contribution in [0.3, 0.4) is 0 Å². The van der Waals surface area contributed by atoms with Crippen LogP contribution in [-0.2, 0) is 28.4 Å². The SMILES string of the molecule is CCOC(=O)N(CC(C)c1ccccc1)c1cc(Cl)c2ncn([C@@H]3O[C@H](COC4CCCCO4)[C@H]4OC(C)(C)O[C@H]43)c2n1. The summed E-state index contributed by atoms with van der Waals surface area (Å²) < 4.78 is 38.2. The van der Waals surface area contributed by atoms with E-state index in [2.05, 4.69) is 11.9 Å². The number of rotatable bonds is 9. The van der Waals surface area contributed by atoms with Crippen molar-refractivity contribution in [2.75, 3.05) is 31.3 Å². The number of halogens is 1. The molecule has 232 valence electrons. The summed E-state index contributed by atoms with van der Waals surface area (Å²) >= 11 is 6.76. The number of fused-ring (bicyclic) bond motifs is 2. The Morgan fingerprint density at radius 1 is 1.21 bits per heavy atom.